The Morgan fingerprint density at radius 1 is 1.13 bits per heavy atom. The van der Waals surface area contributed by atoms with Gasteiger partial charge in [0.15, 0.2) is 0 Å². The van der Waals surface area contributed by atoms with Gasteiger partial charge in [0.05, 0.1) is 12.9 Å². The molecule has 0 aromatic heterocycles. The predicted molar refractivity (Wildman–Crippen MR) is 91.1 cm³/mol. The summed E-state index contributed by atoms with van der Waals surface area (Å²) in [6, 6.07) is 15.3. The Balaban J connectivity index is 1.68. The Kier molecular flexibility index (Phi) is 4.41. The second-order valence-electron chi connectivity index (χ2n) is 5.99. The highest BCUT2D eigenvalue weighted by molar-refractivity contribution is 7.88. The van der Waals surface area contributed by atoms with Crippen LogP contribution in [-0.4, -0.2) is 21.6 Å². The molecule has 2 aromatic rings. The first kappa shape index (κ1) is 16.0. The summed E-state index contributed by atoms with van der Waals surface area (Å²) in [5.41, 5.74) is 2.91. The van der Waals surface area contributed by atoms with Gasteiger partial charge in [-0.2, -0.15) is 0 Å². The second-order valence-corrected chi connectivity index (χ2v) is 7.75. The van der Waals surface area contributed by atoms with E-state index < -0.39 is 10.0 Å². The quantitative estimate of drug-likeness (QED) is 0.885. The summed E-state index contributed by atoms with van der Waals surface area (Å²) < 4.78 is 33.0. The molecule has 0 amide bonds. The maximum atomic E-state index is 12.4. The number of aryl methyl sites for hydroxylation is 1. The second kappa shape index (κ2) is 6.34. The van der Waals surface area contributed by atoms with E-state index in [1.54, 1.807) is 7.11 Å². The lowest BCUT2D eigenvalue weighted by Crippen LogP contribution is -2.28. The van der Waals surface area contributed by atoms with Gasteiger partial charge in [-0.15, -0.1) is 0 Å². The molecule has 0 spiro atoms. The van der Waals surface area contributed by atoms with Crippen LogP contribution in [0.3, 0.4) is 0 Å². The molecule has 0 heterocycles. The van der Waals surface area contributed by atoms with Gasteiger partial charge in [0.25, 0.3) is 0 Å². The first-order chi connectivity index (χ1) is 11.0. The monoisotopic (exact) mass is 331 g/mol. The third-order valence-corrected chi connectivity index (χ3v) is 5.62. The zero-order valence-electron chi connectivity index (χ0n) is 13.3. The summed E-state index contributed by atoms with van der Waals surface area (Å²) in [4.78, 5) is 0. The normalized spacial score (nSPS) is 20.3. The summed E-state index contributed by atoms with van der Waals surface area (Å²) >= 11 is 0. The number of para-hydroxylation sites is 1. The Bertz CT molecular complexity index is 801. The molecule has 0 unspecified atom stereocenters. The Morgan fingerprint density at radius 2 is 1.83 bits per heavy atom. The van der Waals surface area contributed by atoms with Crippen LogP contribution in [0.2, 0.25) is 0 Å². The van der Waals surface area contributed by atoms with Crippen LogP contribution in [0.1, 0.15) is 29.0 Å². The number of hydrogen-bond donors (Lipinski definition) is 1. The predicted octanol–water partition coefficient (Wildman–Crippen LogP) is 2.98. The molecule has 0 saturated heterocycles. The van der Waals surface area contributed by atoms with Gasteiger partial charge in [-0.3, -0.25) is 0 Å². The molecule has 23 heavy (non-hydrogen) atoms. The van der Waals surface area contributed by atoms with E-state index in [2.05, 4.69) is 4.72 Å². The van der Waals surface area contributed by atoms with E-state index in [0.717, 1.165) is 28.9 Å². The lowest BCUT2D eigenvalue weighted by atomic mass is 10.1. The summed E-state index contributed by atoms with van der Waals surface area (Å²) in [7, 11) is -1.71. The zero-order valence-corrected chi connectivity index (χ0v) is 14.1. The molecular weight excluding hydrogens is 310 g/mol. The standard InChI is InChI=1S/C18H21NO3S/c1-13-7-3-4-8-14(13)12-23(20,21)19-17-11-16(17)15-9-5-6-10-18(15)22-2/h3-10,16-17,19H,11-12H2,1-2H3/t16-,17+/m1/s1. The van der Waals surface area contributed by atoms with E-state index in [9.17, 15) is 8.42 Å². The molecule has 1 N–H and O–H groups in total. The molecule has 0 radical (unpaired) electrons. The number of methoxy groups -OCH3 is 1. The highest BCUT2D eigenvalue weighted by Crippen LogP contribution is 2.45. The first-order valence-electron chi connectivity index (χ1n) is 7.67. The van der Waals surface area contributed by atoms with E-state index in [0.29, 0.717) is 0 Å². The van der Waals surface area contributed by atoms with Gasteiger partial charge in [-0.25, -0.2) is 13.1 Å². The van der Waals surface area contributed by atoms with Gasteiger partial charge in [0.1, 0.15) is 5.75 Å². The van der Waals surface area contributed by atoms with Crippen LogP contribution in [0.15, 0.2) is 48.5 Å². The van der Waals surface area contributed by atoms with Crippen molar-refractivity contribution < 1.29 is 13.2 Å². The lowest BCUT2D eigenvalue weighted by molar-refractivity contribution is 0.409. The van der Waals surface area contributed by atoms with Gasteiger partial charge in [-0.1, -0.05) is 42.5 Å². The molecule has 0 aliphatic heterocycles. The number of ether oxygens (including phenoxy) is 1. The van der Waals surface area contributed by atoms with Gasteiger partial charge in [0, 0.05) is 12.0 Å². The van der Waals surface area contributed by atoms with Crippen LogP contribution >= 0.6 is 0 Å². The van der Waals surface area contributed by atoms with Gasteiger partial charge in [0.2, 0.25) is 10.0 Å². The Hall–Kier alpha value is -1.85. The fourth-order valence-electron chi connectivity index (χ4n) is 2.89. The van der Waals surface area contributed by atoms with Gasteiger partial charge in [-0.05, 0) is 36.1 Å². The van der Waals surface area contributed by atoms with Crippen molar-refractivity contribution in [1.82, 2.24) is 4.72 Å². The number of benzene rings is 2. The largest absolute Gasteiger partial charge is 0.496 e. The summed E-state index contributed by atoms with van der Waals surface area (Å²) in [5.74, 6) is 1.03. The minimum atomic E-state index is -3.35. The maximum absolute atomic E-state index is 12.4. The molecule has 2 aromatic carbocycles. The molecule has 1 aliphatic rings. The van der Waals surface area contributed by atoms with Crippen LogP contribution in [0.5, 0.6) is 5.75 Å². The SMILES string of the molecule is COc1ccccc1[C@H]1C[C@@H]1NS(=O)(=O)Cc1ccccc1C. The number of nitrogens with one attached hydrogen (secondary N) is 1. The summed E-state index contributed by atoms with van der Waals surface area (Å²) in [5, 5.41) is 0. The lowest BCUT2D eigenvalue weighted by Gasteiger charge is -2.10. The molecule has 5 heteroatoms. The van der Waals surface area contributed by atoms with Crippen molar-refractivity contribution in [1.29, 1.82) is 0 Å². The van der Waals surface area contributed by atoms with Crippen LogP contribution in [0, 0.1) is 6.92 Å². The summed E-state index contributed by atoms with van der Waals surface area (Å²) in [6.07, 6.45) is 0.813. The van der Waals surface area contributed by atoms with Crippen LogP contribution in [0.4, 0.5) is 0 Å². The molecule has 1 fully saturated rings. The molecule has 122 valence electrons. The highest BCUT2D eigenvalue weighted by Gasteiger charge is 2.42. The zero-order chi connectivity index (χ0) is 16.4. The molecule has 1 aliphatic carbocycles. The highest BCUT2D eigenvalue weighted by atomic mass is 32.2. The van der Waals surface area contributed by atoms with E-state index in [-0.39, 0.29) is 17.7 Å². The Labute approximate surface area is 137 Å². The average Bonchev–Trinajstić information content (AvgIpc) is 3.27. The van der Waals surface area contributed by atoms with Crippen LogP contribution < -0.4 is 9.46 Å². The molecular formula is C18H21NO3S. The molecule has 2 atom stereocenters. The molecule has 3 rings (SSSR count). The molecule has 0 bridgehead atoms. The van der Waals surface area contributed by atoms with E-state index in [1.165, 1.54) is 0 Å². The van der Waals surface area contributed by atoms with E-state index in [4.69, 9.17) is 4.74 Å². The van der Waals surface area contributed by atoms with Crippen LogP contribution in [0.25, 0.3) is 0 Å². The smallest absolute Gasteiger partial charge is 0.216 e. The first-order valence-corrected chi connectivity index (χ1v) is 9.33. The Morgan fingerprint density at radius 3 is 2.57 bits per heavy atom. The minimum absolute atomic E-state index is 0.0226. The minimum Gasteiger partial charge on any atom is -0.496 e. The third-order valence-electron chi connectivity index (χ3n) is 4.27. The number of rotatable bonds is 6. The van der Waals surface area contributed by atoms with Crippen molar-refractivity contribution in [3.8, 4) is 5.75 Å². The number of hydrogen-bond acceptors (Lipinski definition) is 3. The average molecular weight is 331 g/mol. The van der Waals surface area contributed by atoms with Gasteiger partial charge < -0.3 is 4.74 Å². The van der Waals surface area contributed by atoms with Crippen molar-refractivity contribution in [3.63, 3.8) is 0 Å². The topological polar surface area (TPSA) is 55.4 Å². The summed E-state index contributed by atoms with van der Waals surface area (Å²) in [6.45, 7) is 1.93. The van der Waals surface area contributed by atoms with Crippen molar-refractivity contribution in [2.45, 2.75) is 31.1 Å². The van der Waals surface area contributed by atoms with Gasteiger partial charge >= 0.3 is 0 Å². The fourth-order valence-corrected chi connectivity index (χ4v) is 4.43. The van der Waals surface area contributed by atoms with Crippen molar-refractivity contribution >= 4 is 10.0 Å². The molecule has 1 saturated carbocycles. The van der Waals surface area contributed by atoms with E-state index >= 15 is 0 Å². The maximum Gasteiger partial charge on any atom is 0.216 e. The fraction of sp³-hybridized carbons (Fsp3) is 0.333. The van der Waals surface area contributed by atoms with Crippen molar-refractivity contribution in [3.05, 3.63) is 65.2 Å². The number of sulfonamides is 1. The van der Waals surface area contributed by atoms with Crippen molar-refractivity contribution in [2.24, 2.45) is 0 Å². The third kappa shape index (κ3) is 3.74. The van der Waals surface area contributed by atoms with Crippen molar-refractivity contribution in [2.75, 3.05) is 7.11 Å². The van der Waals surface area contributed by atoms with Crippen LogP contribution in [-0.2, 0) is 15.8 Å². The van der Waals surface area contributed by atoms with E-state index in [1.807, 2.05) is 55.5 Å². The molecule has 4 nitrogen and oxygen atoms in total.